The van der Waals surface area contributed by atoms with Crippen molar-refractivity contribution < 1.29 is 4.74 Å². The molecule has 0 saturated carbocycles. The lowest BCUT2D eigenvalue weighted by Crippen LogP contribution is -2.58. The molecule has 2 aliphatic rings. The molecule has 0 fully saturated rings. The third-order valence-corrected chi connectivity index (χ3v) is 6.51. The Bertz CT molecular complexity index is 1230. The Hall–Kier alpha value is -3.15. The van der Waals surface area contributed by atoms with E-state index in [2.05, 4.69) is 68.0 Å². The third kappa shape index (κ3) is 2.74. The summed E-state index contributed by atoms with van der Waals surface area (Å²) >= 11 is 6.31. The monoisotopic (exact) mass is 411 g/mol. The lowest BCUT2D eigenvalue weighted by molar-refractivity contribution is 0.0582. The molecule has 5 rings (SSSR count). The molecule has 148 valence electrons. The maximum absolute atomic E-state index is 6.70. The molecule has 2 aliphatic heterocycles. The number of benzene rings is 3. The molecule has 2 heterocycles. The third-order valence-electron chi connectivity index (χ3n) is 6.28. The van der Waals surface area contributed by atoms with E-state index in [1.807, 2.05) is 48.5 Å². The van der Waals surface area contributed by atoms with Crippen LogP contribution in [0, 0.1) is 11.8 Å². The van der Waals surface area contributed by atoms with Crippen LogP contribution in [-0.2, 0) is 5.41 Å². The fraction of sp³-hybridized carbons (Fsp3) is 0.185. The number of likely N-dealkylation sites (N-methyl/N-ethyl adjacent to an activating group) is 1. The van der Waals surface area contributed by atoms with E-state index in [0.29, 0.717) is 0 Å². The van der Waals surface area contributed by atoms with E-state index in [-0.39, 0.29) is 5.41 Å². The number of halogens is 1. The van der Waals surface area contributed by atoms with Crippen LogP contribution in [0.1, 0.15) is 36.1 Å². The van der Waals surface area contributed by atoms with Crippen LogP contribution >= 0.6 is 11.6 Å². The van der Waals surface area contributed by atoms with E-state index in [1.165, 1.54) is 5.56 Å². The number of ether oxygens (including phenoxy) is 1. The van der Waals surface area contributed by atoms with Crippen molar-refractivity contribution in [1.29, 1.82) is 0 Å². The Morgan fingerprint density at radius 1 is 0.900 bits per heavy atom. The van der Waals surface area contributed by atoms with Gasteiger partial charge in [-0.1, -0.05) is 41.6 Å². The average Bonchev–Trinajstić information content (AvgIpc) is 2.91. The highest BCUT2D eigenvalue weighted by Crippen LogP contribution is 2.54. The van der Waals surface area contributed by atoms with Crippen LogP contribution < -0.4 is 9.64 Å². The SMILES string of the molecule is CN1c2ccc(Cl)cc2C(C)(C)C12C=Cc1cc(C#Cc3ccccc3)ccc1O2. The van der Waals surface area contributed by atoms with E-state index in [0.717, 1.165) is 33.1 Å². The van der Waals surface area contributed by atoms with Gasteiger partial charge in [0.15, 0.2) is 0 Å². The van der Waals surface area contributed by atoms with Gasteiger partial charge < -0.3 is 9.64 Å². The van der Waals surface area contributed by atoms with Gasteiger partial charge in [0.05, 0.1) is 5.41 Å². The summed E-state index contributed by atoms with van der Waals surface area (Å²) in [6, 6.07) is 22.2. The fourth-order valence-corrected chi connectivity index (χ4v) is 4.70. The number of anilines is 1. The largest absolute Gasteiger partial charge is 0.463 e. The molecule has 0 saturated heterocycles. The zero-order chi connectivity index (χ0) is 20.9. The molecule has 3 heteroatoms. The highest BCUT2D eigenvalue weighted by molar-refractivity contribution is 6.30. The second kappa shape index (κ2) is 6.69. The van der Waals surface area contributed by atoms with Gasteiger partial charge in [0.1, 0.15) is 5.75 Å². The standard InChI is InChI=1S/C27H22ClNO/c1-26(2)23-18-22(28)12-13-24(23)29(3)27(26)16-15-21-17-20(11-14-25(21)30-27)10-9-19-7-5-4-6-8-19/h4-8,11-18H,1-3H3. The summed E-state index contributed by atoms with van der Waals surface area (Å²) in [7, 11) is 2.08. The predicted octanol–water partition coefficient (Wildman–Crippen LogP) is 6.27. The predicted molar refractivity (Wildman–Crippen MR) is 124 cm³/mol. The molecule has 30 heavy (non-hydrogen) atoms. The first-order chi connectivity index (χ1) is 14.4. The summed E-state index contributed by atoms with van der Waals surface area (Å²) in [5.74, 6) is 7.33. The van der Waals surface area contributed by atoms with Gasteiger partial charge in [0.25, 0.3) is 0 Å². The smallest absolute Gasteiger partial charge is 0.211 e. The van der Waals surface area contributed by atoms with Crippen molar-refractivity contribution in [3.63, 3.8) is 0 Å². The molecular formula is C27H22ClNO. The normalized spacial score (nSPS) is 20.2. The average molecular weight is 412 g/mol. The molecule has 1 atom stereocenters. The van der Waals surface area contributed by atoms with Crippen LogP contribution in [0.3, 0.4) is 0 Å². The first-order valence-corrected chi connectivity index (χ1v) is 10.4. The number of fused-ring (bicyclic) bond motifs is 2. The summed E-state index contributed by atoms with van der Waals surface area (Å²) in [5, 5.41) is 0.745. The Kier molecular flexibility index (Phi) is 4.20. The van der Waals surface area contributed by atoms with Gasteiger partial charge in [0.2, 0.25) is 5.72 Å². The summed E-state index contributed by atoms with van der Waals surface area (Å²) in [6.07, 6.45) is 4.32. The zero-order valence-electron chi connectivity index (χ0n) is 17.2. The van der Waals surface area contributed by atoms with Gasteiger partial charge >= 0.3 is 0 Å². The minimum Gasteiger partial charge on any atom is -0.463 e. The molecule has 2 nitrogen and oxygen atoms in total. The molecular weight excluding hydrogens is 390 g/mol. The van der Waals surface area contributed by atoms with E-state index in [4.69, 9.17) is 16.3 Å². The second-order valence-corrected chi connectivity index (χ2v) is 8.78. The van der Waals surface area contributed by atoms with Crippen molar-refractivity contribution in [2.24, 2.45) is 0 Å². The zero-order valence-corrected chi connectivity index (χ0v) is 18.0. The Labute approximate surface area is 182 Å². The first kappa shape index (κ1) is 18.9. The molecule has 0 amide bonds. The highest BCUT2D eigenvalue weighted by atomic mass is 35.5. The van der Waals surface area contributed by atoms with Crippen molar-refractivity contribution in [1.82, 2.24) is 0 Å². The van der Waals surface area contributed by atoms with E-state index >= 15 is 0 Å². The molecule has 1 spiro atoms. The minimum atomic E-state index is -0.607. The van der Waals surface area contributed by atoms with Crippen LogP contribution in [0.2, 0.25) is 5.02 Å². The molecule has 3 aromatic carbocycles. The lowest BCUT2D eigenvalue weighted by Gasteiger charge is -2.45. The summed E-state index contributed by atoms with van der Waals surface area (Å²) in [5.41, 5.74) is 4.46. The highest BCUT2D eigenvalue weighted by Gasteiger charge is 2.57. The Morgan fingerprint density at radius 2 is 1.67 bits per heavy atom. The van der Waals surface area contributed by atoms with Crippen molar-refractivity contribution in [3.05, 3.63) is 100 Å². The summed E-state index contributed by atoms with van der Waals surface area (Å²) in [6.45, 7) is 4.42. The summed E-state index contributed by atoms with van der Waals surface area (Å²) < 4.78 is 6.70. The van der Waals surface area contributed by atoms with Gasteiger partial charge in [-0.05, 0) is 80.1 Å². The number of hydrogen-bond donors (Lipinski definition) is 0. The Balaban J connectivity index is 1.51. The Morgan fingerprint density at radius 3 is 2.47 bits per heavy atom. The van der Waals surface area contributed by atoms with Crippen molar-refractivity contribution >= 4 is 23.4 Å². The van der Waals surface area contributed by atoms with Gasteiger partial charge in [-0.25, -0.2) is 0 Å². The second-order valence-electron chi connectivity index (χ2n) is 8.35. The van der Waals surface area contributed by atoms with Gasteiger partial charge in [-0.15, -0.1) is 0 Å². The fourth-order valence-electron chi connectivity index (χ4n) is 4.53. The van der Waals surface area contributed by atoms with Crippen LogP contribution in [-0.4, -0.2) is 12.8 Å². The van der Waals surface area contributed by atoms with E-state index in [9.17, 15) is 0 Å². The van der Waals surface area contributed by atoms with Gasteiger partial charge in [0, 0.05) is 34.4 Å². The lowest BCUT2D eigenvalue weighted by atomic mass is 9.76. The molecule has 0 radical (unpaired) electrons. The van der Waals surface area contributed by atoms with Crippen LogP contribution in [0.5, 0.6) is 5.75 Å². The molecule has 1 unspecified atom stereocenters. The maximum Gasteiger partial charge on any atom is 0.211 e. The first-order valence-electron chi connectivity index (χ1n) is 10.0. The van der Waals surface area contributed by atoms with E-state index < -0.39 is 5.72 Å². The topological polar surface area (TPSA) is 12.5 Å². The summed E-state index contributed by atoms with van der Waals surface area (Å²) in [4.78, 5) is 2.21. The van der Waals surface area contributed by atoms with Crippen LogP contribution in [0.4, 0.5) is 5.69 Å². The maximum atomic E-state index is 6.70. The minimum absolute atomic E-state index is 0.276. The van der Waals surface area contributed by atoms with Gasteiger partial charge in [-0.3, -0.25) is 0 Å². The molecule has 0 aromatic heterocycles. The number of rotatable bonds is 0. The van der Waals surface area contributed by atoms with Crippen molar-refractivity contribution in [2.45, 2.75) is 25.0 Å². The van der Waals surface area contributed by atoms with Crippen molar-refractivity contribution in [3.8, 4) is 17.6 Å². The van der Waals surface area contributed by atoms with E-state index in [1.54, 1.807) is 0 Å². The van der Waals surface area contributed by atoms with Crippen molar-refractivity contribution in [2.75, 3.05) is 11.9 Å². The van der Waals surface area contributed by atoms with Gasteiger partial charge in [-0.2, -0.15) is 0 Å². The number of hydrogen-bond acceptors (Lipinski definition) is 2. The molecule has 0 bridgehead atoms. The molecule has 0 N–H and O–H groups in total. The molecule has 0 aliphatic carbocycles. The molecule has 3 aromatic rings. The van der Waals surface area contributed by atoms with Crippen LogP contribution in [0.25, 0.3) is 6.08 Å². The quantitative estimate of drug-likeness (QED) is 0.404. The number of nitrogens with zero attached hydrogens (tertiary/aromatic N) is 1. The van der Waals surface area contributed by atoms with Crippen LogP contribution in [0.15, 0.2) is 72.8 Å².